The van der Waals surface area contributed by atoms with E-state index >= 15 is 4.39 Å². The van der Waals surface area contributed by atoms with Crippen LogP contribution < -0.4 is 0 Å². The van der Waals surface area contributed by atoms with Crippen molar-refractivity contribution < 1.29 is 23.8 Å². The van der Waals surface area contributed by atoms with Crippen LogP contribution in [0, 0.1) is 5.82 Å². The average Bonchev–Trinajstić information content (AvgIpc) is 3.35. The average molecular weight is 543 g/mol. The number of ketones is 1. The highest BCUT2D eigenvalue weighted by molar-refractivity contribution is 6.30. The monoisotopic (exact) mass is 542 g/mol. The van der Waals surface area contributed by atoms with E-state index in [1.165, 1.54) is 37.1 Å². The van der Waals surface area contributed by atoms with Gasteiger partial charge in [-0.3, -0.25) is 19.5 Å². The van der Waals surface area contributed by atoms with Gasteiger partial charge in [0.1, 0.15) is 11.6 Å². The summed E-state index contributed by atoms with van der Waals surface area (Å²) in [7, 11) is 0. The van der Waals surface area contributed by atoms with E-state index in [0.717, 1.165) is 0 Å². The molecule has 1 N–H and O–H groups in total. The van der Waals surface area contributed by atoms with Crippen molar-refractivity contribution in [3.63, 3.8) is 0 Å². The van der Waals surface area contributed by atoms with Crippen molar-refractivity contribution >= 4 is 34.9 Å². The number of nitrogens with zero attached hydrogens (tertiary/aromatic N) is 2. The van der Waals surface area contributed by atoms with Crippen molar-refractivity contribution in [2.45, 2.75) is 57.1 Å². The number of halogens is 3. The Kier molecular flexibility index (Phi) is 6.61. The normalized spacial score (nSPS) is 21.6. The molecule has 192 valence electrons. The molecule has 0 spiro atoms. The molecule has 6 nitrogen and oxygen atoms in total. The summed E-state index contributed by atoms with van der Waals surface area (Å²) in [6.45, 7) is 3.03. The quantitative estimate of drug-likeness (QED) is 0.429. The number of carbonyl (C=O) groups excluding carboxylic acids is 2. The van der Waals surface area contributed by atoms with E-state index in [2.05, 4.69) is 4.98 Å². The zero-order chi connectivity index (χ0) is 26.5. The third-order valence-corrected chi connectivity index (χ3v) is 7.35. The van der Waals surface area contributed by atoms with Crippen molar-refractivity contribution in [2.24, 2.45) is 0 Å². The van der Waals surface area contributed by atoms with Gasteiger partial charge in [0, 0.05) is 29.6 Å². The fraction of sp³-hybridized carbons (Fsp3) is 0.321. The number of hydrogen-bond acceptors (Lipinski definition) is 5. The van der Waals surface area contributed by atoms with Gasteiger partial charge in [0.05, 0.1) is 40.1 Å². The number of benzene rings is 2. The van der Waals surface area contributed by atoms with Crippen LogP contribution >= 0.6 is 23.2 Å². The van der Waals surface area contributed by atoms with Crippen molar-refractivity contribution in [1.29, 1.82) is 0 Å². The molecule has 1 amide bonds. The van der Waals surface area contributed by atoms with Crippen molar-refractivity contribution in [2.75, 3.05) is 0 Å². The Morgan fingerprint density at radius 2 is 1.84 bits per heavy atom. The minimum Gasteiger partial charge on any atom is -0.386 e. The fourth-order valence-corrected chi connectivity index (χ4v) is 5.27. The van der Waals surface area contributed by atoms with E-state index in [1.807, 2.05) is 0 Å². The number of fused-ring (bicyclic) bond motifs is 1. The van der Waals surface area contributed by atoms with Crippen molar-refractivity contribution in [1.82, 2.24) is 9.88 Å². The van der Waals surface area contributed by atoms with Crippen LogP contribution in [0.4, 0.5) is 4.39 Å². The Bertz CT molecular complexity index is 1370. The number of amides is 1. The molecular formula is C28H25Cl2FN2O4. The highest BCUT2D eigenvalue weighted by atomic mass is 35.5. The van der Waals surface area contributed by atoms with Crippen LogP contribution in [0.2, 0.25) is 10.0 Å². The summed E-state index contributed by atoms with van der Waals surface area (Å²) >= 11 is 12.2. The lowest BCUT2D eigenvalue weighted by molar-refractivity contribution is -0.149. The molecule has 0 unspecified atom stereocenters. The van der Waals surface area contributed by atoms with Gasteiger partial charge in [-0.15, -0.1) is 0 Å². The minimum absolute atomic E-state index is 0.0226. The molecule has 2 aromatic carbocycles. The third-order valence-electron chi connectivity index (χ3n) is 6.87. The predicted molar refractivity (Wildman–Crippen MR) is 137 cm³/mol. The minimum atomic E-state index is -1.70. The number of ether oxygens (including phenoxy) is 1. The molecular weight excluding hydrogens is 518 g/mol. The zero-order valence-corrected chi connectivity index (χ0v) is 21.8. The highest BCUT2D eigenvalue weighted by Gasteiger charge is 2.56. The summed E-state index contributed by atoms with van der Waals surface area (Å²) in [6, 6.07) is 12.7. The van der Waals surface area contributed by atoms with Crippen LogP contribution in [0.3, 0.4) is 0 Å². The number of rotatable bonds is 6. The second-order valence-electron chi connectivity index (χ2n) is 9.97. The highest BCUT2D eigenvalue weighted by Crippen LogP contribution is 2.50. The molecule has 2 atom stereocenters. The first kappa shape index (κ1) is 25.8. The van der Waals surface area contributed by atoms with Crippen LogP contribution in [-0.2, 0) is 27.4 Å². The van der Waals surface area contributed by atoms with E-state index in [0.29, 0.717) is 34.1 Å². The Hall–Kier alpha value is -2.84. The fourth-order valence-electron chi connectivity index (χ4n) is 5.03. The van der Waals surface area contributed by atoms with Crippen LogP contribution in [0.1, 0.15) is 65.9 Å². The Morgan fingerprint density at radius 1 is 1.14 bits per heavy atom. The molecule has 3 aromatic rings. The first-order chi connectivity index (χ1) is 17.5. The number of carbonyl (C=O) groups is 2. The molecule has 2 aliphatic rings. The molecule has 0 radical (unpaired) electrons. The Labute approximate surface area is 224 Å². The molecule has 1 aliphatic carbocycles. The maximum atomic E-state index is 16.1. The number of pyridine rings is 1. The van der Waals surface area contributed by atoms with Gasteiger partial charge in [-0.05, 0) is 62.2 Å². The Morgan fingerprint density at radius 3 is 2.43 bits per heavy atom. The molecule has 1 saturated carbocycles. The first-order valence-electron chi connectivity index (χ1n) is 11.9. The largest absolute Gasteiger partial charge is 0.386 e. The van der Waals surface area contributed by atoms with E-state index in [-0.39, 0.29) is 35.4 Å². The van der Waals surface area contributed by atoms with Gasteiger partial charge in [-0.1, -0.05) is 35.3 Å². The second kappa shape index (κ2) is 9.48. The van der Waals surface area contributed by atoms with Gasteiger partial charge in [-0.2, -0.15) is 0 Å². The summed E-state index contributed by atoms with van der Waals surface area (Å²) in [5, 5.41) is 11.5. The topological polar surface area (TPSA) is 79.7 Å². The van der Waals surface area contributed by atoms with Gasteiger partial charge in [0.2, 0.25) is 5.72 Å². The number of aliphatic hydroxyl groups is 1. The SMILES string of the molecule is CC(C)(O)c1cc(F)c2c(c1)C(=O)N(Cc1ccc(Cl)cn1)[C@@]2(O[C@@H]1CCC(=O)C1)c1ccc(Cl)cc1. The van der Waals surface area contributed by atoms with Crippen LogP contribution in [0.5, 0.6) is 0 Å². The summed E-state index contributed by atoms with van der Waals surface area (Å²) in [5.41, 5.74) is -1.74. The zero-order valence-electron chi connectivity index (χ0n) is 20.3. The molecule has 5 rings (SSSR count). The molecule has 1 fully saturated rings. The summed E-state index contributed by atoms with van der Waals surface area (Å²) < 4.78 is 22.8. The van der Waals surface area contributed by atoms with Gasteiger partial charge < -0.3 is 9.84 Å². The Balaban J connectivity index is 1.76. The third kappa shape index (κ3) is 4.66. The summed E-state index contributed by atoms with van der Waals surface area (Å²) in [5.74, 6) is -1.14. The lowest BCUT2D eigenvalue weighted by Crippen LogP contribution is -2.48. The smallest absolute Gasteiger partial charge is 0.257 e. The van der Waals surface area contributed by atoms with Crippen LogP contribution in [0.15, 0.2) is 54.7 Å². The molecule has 1 aliphatic heterocycles. The summed E-state index contributed by atoms with van der Waals surface area (Å²) in [6.07, 6.45) is 1.90. The van der Waals surface area contributed by atoms with Crippen LogP contribution in [-0.4, -0.2) is 32.8 Å². The molecule has 37 heavy (non-hydrogen) atoms. The molecule has 0 bridgehead atoms. The van der Waals surface area contributed by atoms with E-state index in [4.69, 9.17) is 27.9 Å². The second-order valence-corrected chi connectivity index (χ2v) is 10.8. The maximum Gasteiger partial charge on any atom is 0.257 e. The molecule has 1 aromatic heterocycles. The standard InChI is InChI=1S/C28H25Cl2FN2O4/c1-27(2,36)17-11-23-25(24(31)12-17)28(16-3-5-18(29)6-4-16,37-22-10-9-21(34)13-22)33(26(23)35)15-20-8-7-19(30)14-32-20/h3-8,11-12,14,22,36H,9-10,13,15H2,1-2H3/t22-,28-/m1/s1. The number of hydrogen-bond donors (Lipinski definition) is 1. The van der Waals surface area contributed by atoms with Crippen molar-refractivity contribution in [3.8, 4) is 0 Å². The van der Waals surface area contributed by atoms with Gasteiger partial charge >= 0.3 is 0 Å². The summed E-state index contributed by atoms with van der Waals surface area (Å²) in [4.78, 5) is 32.0. The lowest BCUT2D eigenvalue weighted by Gasteiger charge is -2.41. The molecule has 9 heteroatoms. The van der Waals surface area contributed by atoms with E-state index in [9.17, 15) is 14.7 Å². The number of aromatic nitrogens is 1. The first-order valence-corrected chi connectivity index (χ1v) is 12.7. The van der Waals surface area contributed by atoms with Crippen molar-refractivity contribution in [3.05, 3.63) is 98.5 Å². The lowest BCUT2D eigenvalue weighted by atomic mass is 9.88. The van der Waals surface area contributed by atoms with Gasteiger partial charge in [0.15, 0.2) is 0 Å². The number of Topliss-reactive ketones (excluding diaryl/α,β-unsaturated/α-hetero) is 1. The predicted octanol–water partition coefficient (Wildman–Crippen LogP) is 5.75. The molecule has 0 saturated heterocycles. The molecule has 2 heterocycles. The van der Waals surface area contributed by atoms with E-state index < -0.39 is 29.2 Å². The van der Waals surface area contributed by atoms with Gasteiger partial charge in [-0.25, -0.2) is 4.39 Å². The van der Waals surface area contributed by atoms with Crippen LogP contribution in [0.25, 0.3) is 0 Å². The van der Waals surface area contributed by atoms with Gasteiger partial charge in [0.25, 0.3) is 5.91 Å². The van der Waals surface area contributed by atoms with E-state index in [1.54, 1.807) is 36.4 Å². The maximum absolute atomic E-state index is 16.1.